The first kappa shape index (κ1) is 13.0. The average molecular weight is 240 g/mol. The molecule has 6 heteroatoms. The molecule has 17 heavy (non-hydrogen) atoms. The third-order valence-corrected chi connectivity index (χ3v) is 2.54. The van der Waals surface area contributed by atoms with Crippen LogP contribution in [0.2, 0.25) is 0 Å². The van der Waals surface area contributed by atoms with Crippen LogP contribution in [0.25, 0.3) is 0 Å². The number of aliphatic carboxylic acids is 1. The van der Waals surface area contributed by atoms with Gasteiger partial charge in [-0.1, -0.05) is 0 Å². The fourth-order valence-corrected chi connectivity index (χ4v) is 1.39. The van der Waals surface area contributed by atoms with Crippen LogP contribution in [0.4, 0.5) is 10.1 Å². The summed E-state index contributed by atoms with van der Waals surface area (Å²) in [5.41, 5.74) is 5.36. The Balaban J connectivity index is 3.21. The normalized spacial score (nSPS) is 11.9. The van der Waals surface area contributed by atoms with Crippen molar-refractivity contribution < 1.29 is 19.1 Å². The molecule has 0 aromatic heterocycles. The van der Waals surface area contributed by atoms with Gasteiger partial charge in [0, 0.05) is 7.05 Å². The number of hydrogen-bond donors (Lipinski definition) is 2. The molecule has 0 saturated heterocycles. The standard InChI is InChI=1S/C11H13FN2O3/c1-6(11(16)17)14(2)9-4-3-7(12)5-8(9)10(13)15/h3-6H,1-2H3,(H2,13,15)(H,16,17). The Kier molecular flexibility index (Phi) is 3.67. The topological polar surface area (TPSA) is 83.6 Å². The number of carbonyl (C=O) groups excluding carboxylic acids is 1. The Labute approximate surface area is 97.6 Å². The number of amides is 1. The lowest BCUT2D eigenvalue weighted by Crippen LogP contribution is -2.37. The van der Waals surface area contributed by atoms with Crippen molar-refractivity contribution >= 4 is 17.6 Å². The first-order chi connectivity index (χ1) is 7.84. The first-order valence-corrected chi connectivity index (χ1v) is 4.89. The number of likely N-dealkylation sites (N-methyl/N-ethyl adjacent to an activating group) is 1. The molecule has 1 atom stereocenters. The molecule has 0 aliphatic heterocycles. The van der Waals surface area contributed by atoms with E-state index in [2.05, 4.69) is 0 Å². The molecule has 0 saturated carbocycles. The van der Waals surface area contributed by atoms with Gasteiger partial charge in [-0.05, 0) is 25.1 Å². The van der Waals surface area contributed by atoms with E-state index >= 15 is 0 Å². The summed E-state index contributed by atoms with van der Waals surface area (Å²) in [6.45, 7) is 1.45. The predicted molar refractivity (Wildman–Crippen MR) is 60.4 cm³/mol. The molecule has 3 N–H and O–H groups in total. The second-order valence-corrected chi connectivity index (χ2v) is 3.65. The maximum atomic E-state index is 13.0. The number of carboxylic acids is 1. The number of benzene rings is 1. The highest BCUT2D eigenvalue weighted by Crippen LogP contribution is 2.22. The smallest absolute Gasteiger partial charge is 0.326 e. The van der Waals surface area contributed by atoms with Gasteiger partial charge in [0.15, 0.2) is 0 Å². The van der Waals surface area contributed by atoms with E-state index in [1.54, 1.807) is 0 Å². The Morgan fingerprint density at radius 3 is 2.53 bits per heavy atom. The van der Waals surface area contributed by atoms with Gasteiger partial charge in [-0.15, -0.1) is 0 Å². The maximum Gasteiger partial charge on any atom is 0.326 e. The molecule has 1 aromatic carbocycles. The minimum Gasteiger partial charge on any atom is -0.480 e. The summed E-state index contributed by atoms with van der Waals surface area (Å²) in [6, 6.07) is 2.61. The van der Waals surface area contributed by atoms with Gasteiger partial charge < -0.3 is 15.7 Å². The lowest BCUT2D eigenvalue weighted by Gasteiger charge is -2.25. The number of nitrogens with two attached hydrogens (primary N) is 1. The van der Waals surface area contributed by atoms with Crippen molar-refractivity contribution in [2.75, 3.05) is 11.9 Å². The summed E-state index contributed by atoms with van der Waals surface area (Å²) in [5.74, 6) is -2.45. The molecule has 1 rings (SSSR count). The van der Waals surface area contributed by atoms with Crippen LogP contribution in [-0.2, 0) is 4.79 Å². The monoisotopic (exact) mass is 240 g/mol. The Bertz CT molecular complexity index is 462. The van der Waals surface area contributed by atoms with Crippen LogP contribution < -0.4 is 10.6 Å². The number of rotatable bonds is 4. The number of hydrogen-bond acceptors (Lipinski definition) is 3. The minimum absolute atomic E-state index is 0.0411. The SMILES string of the molecule is CC(C(=O)O)N(C)c1ccc(F)cc1C(N)=O. The highest BCUT2D eigenvalue weighted by molar-refractivity contribution is 5.99. The van der Waals surface area contributed by atoms with Gasteiger partial charge in [-0.2, -0.15) is 0 Å². The molecule has 0 fully saturated rings. The second kappa shape index (κ2) is 4.82. The number of primary amides is 1. The van der Waals surface area contributed by atoms with Crippen LogP contribution in [0.1, 0.15) is 17.3 Å². The summed E-state index contributed by atoms with van der Waals surface area (Å²) in [4.78, 5) is 23.3. The Morgan fingerprint density at radius 2 is 2.06 bits per heavy atom. The van der Waals surface area contributed by atoms with Crippen LogP contribution in [0.15, 0.2) is 18.2 Å². The number of carbonyl (C=O) groups is 2. The molecule has 5 nitrogen and oxygen atoms in total. The van der Waals surface area contributed by atoms with E-state index in [9.17, 15) is 14.0 Å². The maximum absolute atomic E-state index is 13.0. The molecule has 1 amide bonds. The average Bonchev–Trinajstić information content (AvgIpc) is 2.26. The fraction of sp³-hybridized carbons (Fsp3) is 0.273. The van der Waals surface area contributed by atoms with Crippen molar-refractivity contribution in [1.82, 2.24) is 0 Å². The van der Waals surface area contributed by atoms with E-state index in [0.717, 1.165) is 12.1 Å². The zero-order valence-electron chi connectivity index (χ0n) is 9.48. The van der Waals surface area contributed by atoms with Crippen LogP contribution in [0.5, 0.6) is 0 Å². The minimum atomic E-state index is -1.05. The summed E-state index contributed by atoms with van der Waals surface area (Å²) >= 11 is 0. The van der Waals surface area contributed by atoms with Crippen molar-refractivity contribution in [2.24, 2.45) is 5.73 Å². The van der Waals surface area contributed by atoms with E-state index in [0.29, 0.717) is 0 Å². The summed E-state index contributed by atoms with van der Waals surface area (Å²) in [7, 11) is 1.50. The van der Waals surface area contributed by atoms with E-state index in [1.165, 1.54) is 24.9 Å². The van der Waals surface area contributed by atoms with Crippen molar-refractivity contribution in [1.29, 1.82) is 0 Å². The van der Waals surface area contributed by atoms with Crippen LogP contribution in [-0.4, -0.2) is 30.1 Å². The number of nitrogens with zero attached hydrogens (tertiary/aromatic N) is 1. The van der Waals surface area contributed by atoms with Gasteiger partial charge in [0.2, 0.25) is 0 Å². The predicted octanol–water partition coefficient (Wildman–Crippen LogP) is 0.834. The molecular weight excluding hydrogens is 227 g/mol. The van der Waals surface area contributed by atoms with Gasteiger partial charge in [0.25, 0.3) is 5.91 Å². The first-order valence-electron chi connectivity index (χ1n) is 4.89. The number of carboxylic acid groups (broad SMARTS) is 1. The summed E-state index contributed by atoms with van der Waals surface area (Å²) in [5, 5.41) is 8.87. The molecule has 0 radical (unpaired) electrons. The molecular formula is C11H13FN2O3. The van der Waals surface area contributed by atoms with Crippen molar-refractivity contribution in [3.05, 3.63) is 29.6 Å². The summed E-state index contributed by atoms with van der Waals surface area (Å²) < 4.78 is 13.0. The van der Waals surface area contributed by atoms with E-state index in [-0.39, 0.29) is 11.3 Å². The quantitative estimate of drug-likeness (QED) is 0.816. The van der Waals surface area contributed by atoms with Crippen LogP contribution in [0.3, 0.4) is 0 Å². The molecule has 0 aliphatic rings. The van der Waals surface area contributed by atoms with E-state index < -0.39 is 23.7 Å². The molecule has 0 heterocycles. The van der Waals surface area contributed by atoms with Gasteiger partial charge in [0.05, 0.1) is 11.3 Å². The van der Waals surface area contributed by atoms with E-state index in [1.807, 2.05) is 0 Å². The van der Waals surface area contributed by atoms with Crippen LogP contribution >= 0.6 is 0 Å². The van der Waals surface area contributed by atoms with Gasteiger partial charge in [-0.3, -0.25) is 4.79 Å². The molecule has 0 spiro atoms. The zero-order valence-corrected chi connectivity index (χ0v) is 9.48. The Morgan fingerprint density at radius 1 is 1.47 bits per heavy atom. The van der Waals surface area contributed by atoms with Crippen molar-refractivity contribution in [3.8, 4) is 0 Å². The van der Waals surface area contributed by atoms with Crippen molar-refractivity contribution in [3.63, 3.8) is 0 Å². The van der Waals surface area contributed by atoms with Crippen molar-refractivity contribution in [2.45, 2.75) is 13.0 Å². The molecule has 1 unspecified atom stereocenters. The van der Waals surface area contributed by atoms with Gasteiger partial charge in [0.1, 0.15) is 11.9 Å². The molecule has 1 aromatic rings. The molecule has 0 bridgehead atoms. The van der Waals surface area contributed by atoms with Crippen LogP contribution in [0, 0.1) is 5.82 Å². The third-order valence-electron chi connectivity index (χ3n) is 2.54. The lowest BCUT2D eigenvalue weighted by atomic mass is 10.1. The molecule has 92 valence electrons. The summed E-state index contributed by atoms with van der Waals surface area (Å²) in [6.07, 6.45) is 0. The highest BCUT2D eigenvalue weighted by atomic mass is 19.1. The third kappa shape index (κ3) is 2.72. The zero-order chi connectivity index (χ0) is 13.2. The number of anilines is 1. The highest BCUT2D eigenvalue weighted by Gasteiger charge is 2.21. The second-order valence-electron chi connectivity index (χ2n) is 3.65. The lowest BCUT2D eigenvalue weighted by molar-refractivity contribution is -0.138. The van der Waals surface area contributed by atoms with Gasteiger partial charge >= 0.3 is 5.97 Å². The number of halogens is 1. The van der Waals surface area contributed by atoms with E-state index in [4.69, 9.17) is 10.8 Å². The molecule has 0 aliphatic carbocycles. The van der Waals surface area contributed by atoms with Gasteiger partial charge in [-0.25, -0.2) is 9.18 Å². The fourth-order valence-electron chi connectivity index (χ4n) is 1.39. The largest absolute Gasteiger partial charge is 0.480 e. The Hall–Kier alpha value is -2.11.